The highest BCUT2D eigenvalue weighted by Gasteiger charge is 2.22. The van der Waals surface area contributed by atoms with Gasteiger partial charge in [-0.1, -0.05) is 109 Å². The predicted molar refractivity (Wildman–Crippen MR) is 182 cm³/mol. The van der Waals surface area contributed by atoms with E-state index in [0.29, 0.717) is 0 Å². The Kier molecular flexibility index (Phi) is 5.47. The molecule has 3 aromatic heterocycles. The summed E-state index contributed by atoms with van der Waals surface area (Å²) < 4.78 is 4.67. The van der Waals surface area contributed by atoms with E-state index in [-0.39, 0.29) is 0 Å². The number of rotatable bonds is 4. The molecule has 0 N–H and O–H groups in total. The van der Waals surface area contributed by atoms with Gasteiger partial charge in [0, 0.05) is 45.2 Å². The van der Waals surface area contributed by atoms with E-state index in [4.69, 9.17) is 9.97 Å². The molecule has 0 spiro atoms. The van der Waals surface area contributed by atoms with Gasteiger partial charge >= 0.3 is 0 Å². The molecule has 3 heterocycles. The Balaban J connectivity index is 1.35. The SMILES string of the molecule is c1ccc(-c2ccc(-n3c4ccccc4c4c5c6ccccc6n(-c6nccnc6-c6ccccc6)c5ccc43)cc2)cc1. The van der Waals surface area contributed by atoms with Gasteiger partial charge < -0.3 is 4.57 Å². The third-order valence-electron chi connectivity index (χ3n) is 8.64. The Hall–Kier alpha value is -6.00. The smallest absolute Gasteiger partial charge is 0.164 e. The van der Waals surface area contributed by atoms with E-state index in [1.165, 1.54) is 43.7 Å². The monoisotopic (exact) mass is 562 g/mol. The van der Waals surface area contributed by atoms with Crippen LogP contribution in [0.4, 0.5) is 0 Å². The predicted octanol–water partition coefficient (Wildman–Crippen LogP) is 10.0. The van der Waals surface area contributed by atoms with E-state index >= 15 is 0 Å². The highest BCUT2D eigenvalue weighted by molar-refractivity contribution is 6.28. The summed E-state index contributed by atoms with van der Waals surface area (Å²) in [6, 6.07) is 51.6. The summed E-state index contributed by atoms with van der Waals surface area (Å²) in [5.74, 6) is 0.824. The molecule has 0 fully saturated rings. The molecule has 0 aliphatic carbocycles. The van der Waals surface area contributed by atoms with Crippen LogP contribution in [0.2, 0.25) is 0 Å². The van der Waals surface area contributed by atoms with Crippen molar-refractivity contribution in [1.82, 2.24) is 19.1 Å². The first kappa shape index (κ1) is 24.6. The van der Waals surface area contributed by atoms with E-state index in [2.05, 4.69) is 137 Å². The van der Waals surface area contributed by atoms with Gasteiger partial charge in [0.05, 0.1) is 22.1 Å². The van der Waals surface area contributed by atoms with Crippen molar-refractivity contribution in [2.75, 3.05) is 0 Å². The van der Waals surface area contributed by atoms with Crippen LogP contribution in [0.5, 0.6) is 0 Å². The highest BCUT2D eigenvalue weighted by atomic mass is 15.1. The molecule has 0 radical (unpaired) electrons. The largest absolute Gasteiger partial charge is 0.309 e. The zero-order valence-corrected chi connectivity index (χ0v) is 23.8. The number of nitrogens with zero attached hydrogens (tertiary/aromatic N) is 4. The number of benzene rings is 6. The van der Waals surface area contributed by atoms with Gasteiger partial charge in [0.25, 0.3) is 0 Å². The molecular formula is C40H26N4. The molecule has 206 valence electrons. The van der Waals surface area contributed by atoms with Crippen LogP contribution in [0.1, 0.15) is 0 Å². The maximum absolute atomic E-state index is 4.92. The third-order valence-corrected chi connectivity index (χ3v) is 8.64. The molecule has 0 unspecified atom stereocenters. The van der Waals surface area contributed by atoms with Crippen molar-refractivity contribution in [2.24, 2.45) is 0 Å². The van der Waals surface area contributed by atoms with Gasteiger partial charge in [-0.25, -0.2) is 4.98 Å². The Morgan fingerprint density at radius 2 is 0.864 bits per heavy atom. The molecule has 44 heavy (non-hydrogen) atoms. The van der Waals surface area contributed by atoms with Gasteiger partial charge in [0.2, 0.25) is 0 Å². The maximum Gasteiger partial charge on any atom is 0.164 e. The molecule has 0 saturated heterocycles. The van der Waals surface area contributed by atoms with Crippen molar-refractivity contribution in [3.8, 4) is 33.9 Å². The maximum atomic E-state index is 4.92. The minimum absolute atomic E-state index is 0.824. The van der Waals surface area contributed by atoms with Crippen LogP contribution >= 0.6 is 0 Å². The molecule has 0 atom stereocenters. The van der Waals surface area contributed by atoms with E-state index < -0.39 is 0 Å². The summed E-state index contributed by atoms with van der Waals surface area (Å²) in [5.41, 5.74) is 10.0. The van der Waals surface area contributed by atoms with Crippen molar-refractivity contribution >= 4 is 43.6 Å². The third kappa shape index (κ3) is 3.64. The Bertz CT molecular complexity index is 2470. The zero-order chi connectivity index (χ0) is 29.0. The van der Waals surface area contributed by atoms with E-state index in [0.717, 1.165) is 33.8 Å². The fourth-order valence-corrected chi connectivity index (χ4v) is 6.75. The summed E-state index contributed by atoms with van der Waals surface area (Å²) in [6.45, 7) is 0. The van der Waals surface area contributed by atoms with Crippen LogP contribution < -0.4 is 0 Å². The molecule has 0 aliphatic heterocycles. The fraction of sp³-hybridized carbons (Fsp3) is 0. The van der Waals surface area contributed by atoms with Crippen molar-refractivity contribution in [3.05, 3.63) is 158 Å². The molecule has 0 bridgehead atoms. The van der Waals surface area contributed by atoms with Gasteiger partial charge in [-0.15, -0.1) is 0 Å². The van der Waals surface area contributed by atoms with Gasteiger partial charge in [0.1, 0.15) is 5.69 Å². The first-order valence-electron chi connectivity index (χ1n) is 14.8. The van der Waals surface area contributed by atoms with Crippen LogP contribution in [0.3, 0.4) is 0 Å². The second kappa shape index (κ2) is 9.79. The fourth-order valence-electron chi connectivity index (χ4n) is 6.75. The Labute approximate surface area is 254 Å². The average Bonchev–Trinajstić information content (AvgIpc) is 3.62. The van der Waals surface area contributed by atoms with Crippen molar-refractivity contribution < 1.29 is 0 Å². The Morgan fingerprint density at radius 1 is 0.364 bits per heavy atom. The molecule has 9 aromatic rings. The first-order valence-corrected chi connectivity index (χ1v) is 14.8. The molecule has 6 aromatic carbocycles. The number of fused-ring (bicyclic) bond motifs is 7. The van der Waals surface area contributed by atoms with Crippen LogP contribution in [0.15, 0.2) is 158 Å². The minimum atomic E-state index is 0.824. The molecule has 0 amide bonds. The standard InChI is InChI=1S/C40H26N4/c1-3-11-27(12-4-1)28-19-21-30(22-20-28)43-33-17-9-7-15-31(33)37-35(43)23-24-36-38(37)32-16-8-10-18-34(32)44(36)40-39(41-25-26-42-40)29-13-5-2-6-14-29/h1-26H. The molecule has 4 heteroatoms. The molecule has 9 rings (SSSR count). The lowest BCUT2D eigenvalue weighted by molar-refractivity contribution is 1.05. The summed E-state index contributed by atoms with van der Waals surface area (Å²) >= 11 is 0. The molecular weight excluding hydrogens is 536 g/mol. The van der Waals surface area contributed by atoms with Gasteiger partial charge in [-0.3, -0.25) is 9.55 Å². The van der Waals surface area contributed by atoms with Gasteiger partial charge in [0.15, 0.2) is 5.82 Å². The highest BCUT2D eigenvalue weighted by Crippen LogP contribution is 2.42. The van der Waals surface area contributed by atoms with Crippen molar-refractivity contribution in [1.29, 1.82) is 0 Å². The summed E-state index contributed by atoms with van der Waals surface area (Å²) in [4.78, 5) is 9.74. The lowest BCUT2D eigenvalue weighted by Crippen LogP contribution is -2.02. The van der Waals surface area contributed by atoms with Crippen molar-refractivity contribution in [3.63, 3.8) is 0 Å². The van der Waals surface area contributed by atoms with Crippen LogP contribution in [-0.4, -0.2) is 19.1 Å². The van der Waals surface area contributed by atoms with E-state index in [9.17, 15) is 0 Å². The van der Waals surface area contributed by atoms with Gasteiger partial charge in [-0.05, 0) is 47.5 Å². The number of aromatic nitrogens is 4. The van der Waals surface area contributed by atoms with Gasteiger partial charge in [-0.2, -0.15) is 0 Å². The quantitative estimate of drug-likeness (QED) is 0.214. The lowest BCUT2D eigenvalue weighted by atomic mass is 10.1. The van der Waals surface area contributed by atoms with Crippen LogP contribution in [0.25, 0.3) is 77.5 Å². The lowest BCUT2D eigenvalue weighted by Gasteiger charge is -2.12. The van der Waals surface area contributed by atoms with Crippen LogP contribution in [0, 0.1) is 0 Å². The minimum Gasteiger partial charge on any atom is -0.309 e. The molecule has 0 aliphatic rings. The first-order chi connectivity index (χ1) is 21.9. The summed E-state index contributed by atoms with van der Waals surface area (Å²) in [6.07, 6.45) is 3.56. The second-order valence-corrected chi connectivity index (χ2v) is 11.1. The number of hydrogen-bond donors (Lipinski definition) is 0. The molecule has 4 nitrogen and oxygen atoms in total. The normalized spacial score (nSPS) is 11.6. The topological polar surface area (TPSA) is 35.6 Å². The van der Waals surface area contributed by atoms with E-state index in [1.807, 2.05) is 18.2 Å². The average molecular weight is 563 g/mol. The number of hydrogen-bond acceptors (Lipinski definition) is 2. The summed E-state index contributed by atoms with van der Waals surface area (Å²) in [5, 5.41) is 4.88. The zero-order valence-electron chi connectivity index (χ0n) is 23.8. The second-order valence-electron chi connectivity index (χ2n) is 11.1. The number of para-hydroxylation sites is 2. The molecule has 0 saturated carbocycles. The summed E-state index contributed by atoms with van der Waals surface area (Å²) in [7, 11) is 0. The van der Waals surface area contributed by atoms with E-state index in [1.54, 1.807) is 12.4 Å². The van der Waals surface area contributed by atoms with Crippen molar-refractivity contribution in [2.45, 2.75) is 0 Å². The Morgan fingerprint density at radius 3 is 1.52 bits per heavy atom. The van der Waals surface area contributed by atoms with Crippen LogP contribution in [-0.2, 0) is 0 Å².